The molecule has 0 saturated heterocycles. The number of likely N-dealkylation sites (N-methyl/N-ethyl adjacent to an activating group) is 1. The lowest BCUT2D eigenvalue weighted by Crippen LogP contribution is -2.42. The molecule has 0 aliphatic rings. The SMILES string of the molecule is CN(CC(=O)NCCc1cccs1)CC(C)(C)O. The van der Waals surface area contributed by atoms with Crippen LogP contribution in [0.25, 0.3) is 0 Å². The Kier molecular flexibility index (Phi) is 5.78. The van der Waals surface area contributed by atoms with Crippen molar-refractivity contribution >= 4 is 17.2 Å². The summed E-state index contributed by atoms with van der Waals surface area (Å²) in [5.74, 6) is -0.00157. The number of hydrogen-bond acceptors (Lipinski definition) is 4. The smallest absolute Gasteiger partial charge is 0.234 e. The van der Waals surface area contributed by atoms with Gasteiger partial charge in [0.2, 0.25) is 5.91 Å². The van der Waals surface area contributed by atoms with Gasteiger partial charge in [-0.1, -0.05) is 6.07 Å². The molecule has 0 aliphatic carbocycles. The van der Waals surface area contributed by atoms with Crippen molar-refractivity contribution in [3.8, 4) is 0 Å². The topological polar surface area (TPSA) is 52.6 Å². The van der Waals surface area contributed by atoms with E-state index in [-0.39, 0.29) is 5.91 Å². The first kappa shape index (κ1) is 15.1. The van der Waals surface area contributed by atoms with Crippen molar-refractivity contribution in [1.29, 1.82) is 0 Å². The molecule has 0 fully saturated rings. The van der Waals surface area contributed by atoms with Crippen LogP contribution in [0.2, 0.25) is 0 Å². The predicted molar refractivity (Wildman–Crippen MR) is 74.8 cm³/mol. The highest BCUT2D eigenvalue weighted by atomic mass is 32.1. The summed E-state index contributed by atoms with van der Waals surface area (Å²) in [5, 5.41) is 14.5. The fourth-order valence-electron chi connectivity index (χ4n) is 1.80. The van der Waals surface area contributed by atoms with E-state index in [1.54, 1.807) is 25.2 Å². The number of carbonyl (C=O) groups is 1. The molecule has 1 aromatic heterocycles. The van der Waals surface area contributed by atoms with Crippen LogP contribution in [0, 0.1) is 0 Å². The maximum absolute atomic E-state index is 11.6. The van der Waals surface area contributed by atoms with Crippen molar-refractivity contribution in [2.75, 3.05) is 26.7 Å². The molecule has 18 heavy (non-hydrogen) atoms. The monoisotopic (exact) mass is 270 g/mol. The van der Waals surface area contributed by atoms with Gasteiger partial charge in [-0.2, -0.15) is 0 Å². The van der Waals surface area contributed by atoms with Crippen LogP contribution in [-0.2, 0) is 11.2 Å². The van der Waals surface area contributed by atoms with Crippen LogP contribution in [0.3, 0.4) is 0 Å². The predicted octanol–water partition coefficient (Wildman–Crippen LogP) is 1.11. The minimum atomic E-state index is -0.772. The van der Waals surface area contributed by atoms with Gasteiger partial charge in [-0.05, 0) is 38.8 Å². The maximum atomic E-state index is 11.6. The van der Waals surface area contributed by atoms with E-state index < -0.39 is 5.60 Å². The van der Waals surface area contributed by atoms with Crippen LogP contribution >= 0.6 is 11.3 Å². The quantitative estimate of drug-likeness (QED) is 0.780. The summed E-state index contributed by atoms with van der Waals surface area (Å²) < 4.78 is 0. The van der Waals surface area contributed by atoms with Crippen LogP contribution in [0.1, 0.15) is 18.7 Å². The van der Waals surface area contributed by atoms with E-state index in [2.05, 4.69) is 11.4 Å². The van der Waals surface area contributed by atoms with Gasteiger partial charge in [0.25, 0.3) is 0 Å². The van der Waals surface area contributed by atoms with Crippen molar-refractivity contribution in [2.45, 2.75) is 25.9 Å². The van der Waals surface area contributed by atoms with E-state index in [4.69, 9.17) is 0 Å². The Morgan fingerprint density at radius 2 is 2.28 bits per heavy atom. The highest BCUT2D eigenvalue weighted by Gasteiger charge is 2.17. The second kappa shape index (κ2) is 6.87. The summed E-state index contributed by atoms with van der Waals surface area (Å²) in [6.45, 7) is 4.92. The minimum absolute atomic E-state index is 0.00157. The van der Waals surface area contributed by atoms with Crippen molar-refractivity contribution in [2.24, 2.45) is 0 Å². The molecule has 4 nitrogen and oxygen atoms in total. The molecule has 0 radical (unpaired) electrons. The molecule has 5 heteroatoms. The van der Waals surface area contributed by atoms with Gasteiger partial charge in [-0.15, -0.1) is 11.3 Å². The summed E-state index contributed by atoms with van der Waals surface area (Å²) in [5.41, 5.74) is -0.772. The van der Waals surface area contributed by atoms with Crippen molar-refractivity contribution in [3.05, 3.63) is 22.4 Å². The van der Waals surface area contributed by atoms with Gasteiger partial charge in [0.1, 0.15) is 0 Å². The molecule has 0 atom stereocenters. The second-order valence-corrected chi connectivity index (χ2v) is 6.20. The Hall–Kier alpha value is -0.910. The Morgan fingerprint density at radius 1 is 1.56 bits per heavy atom. The molecule has 1 amide bonds. The average molecular weight is 270 g/mol. The number of nitrogens with one attached hydrogen (secondary N) is 1. The lowest BCUT2D eigenvalue weighted by molar-refractivity contribution is -0.122. The number of carbonyl (C=O) groups excluding carboxylic acids is 1. The number of rotatable bonds is 7. The third kappa shape index (κ3) is 6.74. The van der Waals surface area contributed by atoms with Crippen molar-refractivity contribution in [1.82, 2.24) is 10.2 Å². The van der Waals surface area contributed by atoms with Crippen LogP contribution in [-0.4, -0.2) is 48.2 Å². The van der Waals surface area contributed by atoms with Gasteiger partial charge >= 0.3 is 0 Å². The zero-order chi connectivity index (χ0) is 13.6. The van der Waals surface area contributed by atoms with Crippen LogP contribution < -0.4 is 5.32 Å². The molecular weight excluding hydrogens is 248 g/mol. The van der Waals surface area contributed by atoms with E-state index in [9.17, 15) is 9.90 Å². The third-order valence-corrected chi connectivity index (χ3v) is 3.28. The van der Waals surface area contributed by atoms with E-state index in [0.717, 1.165) is 6.42 Å². The maximum Gasteiger partial charge on any atom is 0.234 e. The third-order valence-electron chi connectivity index (χ3n) is 2.34. The van der Waals surface area contributed by atoms with Crippen molar-refractivity contribution < 1.29 is 9.90 Å². The lowest BCUT2D eigenvalue weighted by atomic mass is 10.1. The largest absolute Gasteiger partial charge is 0.389 e. The van der Waals surface area contributed by atoms with Crippen LogP contribution in [0.5, 0.6) is 0 Å². The van der Waals surface area contributed by atoms with E-state index in [1.807, 2.05) is 23.4 Å². The number of nitrogens with zero attached hydrogens (tertiary/aromatic N) is 1. The number of aliphatic hydroxyl groups is 1. The Morgan fingerprint density at radius 3 is 2.83 bits per heavy atom. The average Bonchev–Trinajstić information content (AvgIpc) is 2.66. The molecule has 0 saturated carbocycles. The molecule has 102 valence electrons. The molecule has 0 aromatic carbocycles. The first-order valence-electron chi connectivity index (χ1n) is 6.07. The molecule has 2 N–H and O–H groups in total. The molecule has 0 unspecified atom stereocenters. The zero-order valence-corrected chi connectivity index (χ0v) is 12.1. The normalized spacial score (nSPS) is 11.8. The van der Waals surface area contributed by atoms with Crippen molar-refractivity contribution in [3.63, 3.8) is 0 Å². The van der Waals surface area contributed by atoms with Gasteiger partial charge in [0, 0.05) is 18.0 Å². The number of amides is 1. The summed E-state index contributed by atoms with van der Waals surface area (Å²) >= 11 is 1.70. The molecular formula is C13H22N2O2S. The number of thiophene rings is 1. The first-order valence-corrected chi connectivity index (χ1v) is 6.95. The van der Waals surface area contributed by atoms with E-state index >= 15 is 0 Å². The second-order valence-electron chi connectivity index (χ2n) is 5.16. The Labute approximate surface area is 113 Å². The van der Waals surface area contributed by atoms with Crippen LogP contribution in [0.15, 0.2) is 17.5 Å². The van der Waals surface area contributed by atoms with Gasteiger partial charge in [0.05, 0.1) is 12.1 Å². The number of hydrogen-bond donors (Lipinski definition) is 2. The fourth-order valence-corrected chi connectivity index (χ4v) is 2.51. The van der Waals surface area contributed by atoms with E-state index in [0.29, 0.717) is 19.6 Å². The van der Waals surface area contributed by atoms with Crippen LogP contribution in [0.4, 0.5) is 0 Å². The zero-order valence-electron chi connectivity index (χ0n) is 11.3. The van der Waals surface area contributed by atoms with Gasteiger partial charge < -0.3 is 10.4 Å². The van der Waals surface area contributed by atoms with E-state index in [1.165, 1.54) is 4.88 Å². The molecule has 1 aromatic rings. The highest BCUT2D eigenvalue weighted by Crippen LogP contribution is 2.08. The standard InChI is InChI=1S/C13H22N2O2S/c1-13(2,17)10-15(3)9-12(16)14-7-6-11-5-4-8-18-11/h4-5,8,17H,6-7,9-10H2,1-3H3,(H,14,16). The summed E-state index contributed by atoms with van der Waals surface area (Å²) in [7, 11) is 1.83. The summed E-state index contributed by atoms with van der Waals surface area (Å²) in [4.78, 5) is 14.7. The fraction of sp³-hybridized carbons (Fsp3) is 0.615. The summed E-state index contributed by atoms with van der Waals surface area (Å²) in [6, 6.07) is 4.08. The molecule has 1 heterocycles. The Balaban J connectivity index is 2.17. The molecule has 0 spiro atoms. The highest BCUT2D eigenvalue weighted by molar-refractivity contribution is 7.09. The van der Waals surface area contributed by atoms with Gasteiger partial charge in [0.15, 0.2) is 0 Å². The molecule has 1 rings (SSSR count). The Bertz CT molecular complexity index is 358. The van der Waals surface area contributed by atoms with Gasteiger partial charge in [-0.25, -0.2) is 0 Å². The van der Waals surface area contributed by atoms with Gasteiger partial charge in [-0.3, -0.25) is 9.69 Å². The summed E-state index contributed by atoms with van der Waals surface area (Å²) in [6.07, 6.45) is 0.874. The molecule has 0 bridgehead atoms. The molecule has 0 aliphatic heterocycles. The first-order chi connectivity index (χ1) is 8.37. The minimum Gasteiger partial charge on any atom is -0.389 e. The lowest BCUT2D eigenvalue weighted by Gasteiger charge is -2.24.